The average Bonchev–Trinajstić information content (AvgIpc) is 3.39. The van der Waals surface area contributed by atoms with E-state index < -0.39 is 182 Å². The fourth-order valence-corrected chi connectivity index (χ4v) is 8.64. The van der Waals surface area contributed by atoms with E-state index in [2.05, 4.69) is 0 Å². The molecular formula is C48H56O27. The number of carbonyl (C=O) groups is 1. The molecule has 4 aliphatic heterocycles. The second-order valence-corrected chi connectivity index (χ2v) is 18.1. The Balaban J connectivity index is 1.15. The highest BCUT2D eigenvalue weighted by atomic mass is 16.8. The van der Waals surface area contributed by atoms with E-state index in [0.717, 1.165) is 18.2 Å². The van der Waals surface area contributed by atoms with Gasteiger partial charge in [0.25, 0.3) is 0 Å². The molecule has 0 amide bonds. The third-order valence-electron chi connectivity index (χ3n) is 12.9. The van der Waals surface area contributed by atoms with Crippen LogP contribution in [0.4, 0.5) is 0 Å². The van der Waals surface area contributed by atoms with Gasteiger partial charge in [-0.1, -0.05) is 12.1 Å². The third kappa shape index (κ3) is 11.7. The Morgan fingerprint density at radius 1 is 0.587 bits per heavy atom. The quantitative estimate of drug-likeness (QED) is 0.0397. The molecule has 27 nitrogen and oxygen atoms in total. The number of aromatic hydroxyl groups is 3. The van der Waals surface area contributed by atoms with E-state index in [-0.39, 0.29) is 22.8 Å². The van der Waals surface area contributed by atoms with Crippen LogP contribution in [0.5, 0.6) is 28.7 Å². The van der Waals surface area contributed by atoms with Crippen molar-refractivity contribution in [1.29, 1.82) is 0 Å². The molecule has 4 aliphatic rings. The molecule has 4 aromatic rings. The molecule has 4 saturated heterocycles. The van der Waals surface area contributed by atoms with Crippen LogP contribution >= 0.6 is 0 Å². The topological polar surface area (TPSA) is 434 Å². The molecule has 410 valence electrons. The van der Waals surface area contributed by atoms with Crippen molar-refractivity contribution in [1.82, 2.24) is 0 Å². The van der Waals surface area contributed by atoms with Gasteiger partial charge in [0.15, 0.2) is 24.4 Å². The summed E-state index contributed by atoms with van der Waals surface area (Å²) in [6, 6.07) is 12.7. The van der Waals surface area contributed by atoms with E-state index in [0.29, 0.717) is 5.56 Å². The lowest BCUT2D eigenvalue weighted by Crippen LogP contribution is -2.67. The zero-order valence-corrected chi connectivity index (χ0v) is 39.2. The van der Waals surface area contributed by atoms with Crippen LogP contribution in [0.3, 0.4) is 0 Å². The number of hydrogen-bond donors (Lipinski definition) is 15. The Kier molecular flexibility index (Phi) is 17.3. The first-order valence-electron chi connectivity index (χ1n) is 23.2. The predicted octanol–water partition coefficient (Wildman–Crippen LogP) is -4.13. The van der Waals surface area contributed by atoms with Crippen LogP contribution in [0, 0.1) is 0 Å². The number of hydrogen-bond acceptors (Lipinski definition) is 27. The van der Waals surface area contributed by atoms with Crippen molar-refractivity contribution in [2.45, 2.75) is 130 Å². The van der Waals surface area contributed by atoms with Gasteiger partial charge in [-0.05, 0) is 55.0 Å². The number of phenols is 3. The Bertz CT molecular complexity index is 2660. The second-order valence-electron chi connectivity index (χ2n) is 18.1. The number of phenolic OH excluding ortho intramolecular Hbond substituents is 3. The van der Waals surface area contributed by atoms with Gasteiger partial charge in [0.1, 0.15) is 126 Å². The van der Waals surface area contributed by atoms with Gasteiger partial charge in [0.2, 0.25) is 23.8 Å². The lowest BCUT2D eigenvalue weighted by molar-refractivity contribution is -0.389. The van der Waals surface area contributed by atoms with Crippen LogP contribution in [0.25, 0.3) is 28.4 Å². The number of carbonyl (C=O) groups excluding carboxylic acids is 1. The van der Waals surface area contributed by atoms with Gasteiger partial charge in [0.05, 0.1) is 19.3 Å². The molecule has 20 atom stereocenters. The van der Waals surface area contributed by atoms with Gasteiger partial charge in [-0.3, -0.25) is 4.79 Å². The van der Waals surface area contributed by atoms with Crippen molar-refractivity contribution in [2.24, 2.45) is 0 Å². The first-order chi connectivity index (χ1) is 35.7. The molecule has 1 aromatic heterocycles. The fourth-order valence-electron chi connectivity index (χ4n) is 8.64. The molecule has 75 heavy (non-hydrogen) atoms. The maximum absolute atomic E-state index is 14.7. The van der Waals surface area contributed by atoms with Crippen LogP contribution < -0.4 is 14.9 Å². The molecule has 27 heteroatoms. The lowest BCUT2D eigenvalue weighted by atomic mass is 9.96. The second kappa shape index (κ2) is 23.3. The normalized spacial score (nSPS) is 36.3. The van der Waals surface area contributed by atoms with Crippen LogP contribution in [0.2, 0.25) is 0 Å². The number of fused-ring (bicyclic) bond motifs is 1. The highest BCUT2D eigenvalue weighted by Gasteiger charge is 2.55. The summed E-state index contributed by atoms with van der Waals surface area (Å²) in [5.74, 6) is -3.65. The molecule has 4 fully saturated rings. The largest absolute Gasteiger partial charge is 0.508 e. The lowest BCUT2D eigenvalue weighted by Gasteiger charge is -2.48. The molecule has 0 unspecified atom stereocenters. The highest BCUT2D eigenvalue weighted by molar-refractivity contribution is 5.88. The van der Waals surface area contributed by atoms with Crippen molar-refractivity contribution in [3.63, 3.8) is 0 Å². The Morgan fingerprint density at radius 2 is 1.12 bits per heavy atom. The third-order valence-corrected chi connectivity index (χ3v) is 12.9. The first-order valence-corrected chi connectivity index (χ1v) is 23.2. The van der Waals surface area contributed by atoms with E-state index >= 15 is 0 Å². The van der Waals surface area contributed by atoms with E-state index in [1.807, 2.05) is 0 Å². The molecule has 8 rings (SSSR count). The zero-order valence-electron chi connectivity index (χ0n) is 39.2. The van der Waals surface area contributed by atoms with E-state index in [9.17, 15) is 86.2 Å². The van der Waals surface area contributed by atoms with Crippen molar-refractivity contribution >= 4 is 23.0 Å². The van der Waals surface area contributed by atoms with Crippen molar-refractivity contribution in [2.75, 3.05) is 19.8 Å². The van der Waals surface area contributed by atoms with Gasteiger partial charge >= 0.3 is 5.97 Å². The summed E-state index contributed by atoms with van der Waals surface area (Å²) in [6.45, 7) is -1.35. The highest BCUT2D eigenvalue weighted by Crippen LogP contribution is 2.40. The molecule has 0 radical (unpaired) electrons. The smallest absolute Gasteiger partial charge is 0.330 e. The van der Waals surface area contributed by atoms with E-state index in [1.54, 1.807) is 0 Å². The van der Waals surface area contributed by atoms with Gasteiger partial charge in [-0.15, -0.1) is 0 Å². The van der Waals surface area contributed by atoms with Crippen LogP contribution in [-0.4, -0.2) is 225 Å². The van der Waals surface area contributed by atoms with Crippen molar-refractivity contribution in [3.8, 4) is 40.1 Å². The first kappa shape index (κ1) is 55.6. The van der Waals surface area contributed by atoms with Gasteiger partial charge < -0.3 is 124 Å². The number of ether oxygens (including phenoxy) is 9. The fraction of sp³-hybridized carbons (Fsp3) is 0.500. The van der Waals surface area contributed by atoms with E-state index in [4.69, 9.17) is 47.0 Å². The molecular weight excluding hydrogens is 1010 g/mol. The summed E-state index contributed by atoms with van der Waals surface area (Å²) in [5, 5.41) is 159. The maximum Gasteiger partial charge on any atom is 0.330 e. The van der Waals surface area contributed by atoms with Crippen molar-refractivity contribution < 1.29 is 128 Å². The summed E-state index contributed by atoms with van der Waals surface area (Å²) < 4.78 is 58.1. The summed E-state index contributed by atoms with van der Waals surface area (Å²) in [5.41, 5.74) is -1.08. The molecule has 0 bridgehead atoms. The Morgan fingerprint density at radius 3 is 1.76 bits per heavy atom. The Labute approximate surface area is 422 Å². The molecule has 3 aromatic carbocycles. The summed E-state index contributed by atoms with van der Waals surface area (Å²) in [4.78, 5) is 27.5. The summed E-state index contributed by atoms with van der Waals surface area (Å²) in [7, 11) is 0. The molecule has 0 saturated carbocycles. The molecule has 5 heterocycles. The average molecular weight is 1060 g/mol. The molecule has 0 aliphatic carbocycles. The Hall–Kier alpha value is -5.64. The number of esters is 1. The molecule has 0 spiro atoms. The number of aliphatic hydroxyl groups is 12. The zero-order chi connectivity index (χ0) is 54.2. The van der Waals surface area contributed by atoms with Crippen LogP contribution in [0.1, 0.15) is 12.5 Å². The standard InChI is InChI=1S/C48H56O27/c1-17-30(55)35(60)39(64)45(67-17)68-22-12-23(53)29-24(13-22)69-41(19-5-9-21(52)10-6-19)42(34(29)59)73-47-44(37(62)32(57)26(15-50)71-47)75-48-43(74-46-40(65)36(61)31(56)25(14-49)70-46)38(63)33(58)27(72-48)16-66-28(54)11-4-18-2-7-20(51)8-3-18/h2-13,17,25-27,30-33,35-40,43-53,55-58,60-65H,14-16H2,1H3/t17-,25+,26+,27+,30-,31+,32+,33+,35+,36-,37-,38-,39+,40+,43+,44+,45-,46-,47-,48-/m0/s1. The van der Waals surface area contributed by atoms with Crippen molar-refractivity contribution in [3.05, 3.63) is 82.5 Å². The SMILES string of the molecule is C[C@@H]1O[C@@H](Oc2cc(O)c3c(=O)c(O[C@@H]4O[C@H](CO)[C@@H](O)[C@H](O)[C@H]4O[C@@H]4O[C@H](COC(=O)C=Cc5ccc(O)cc5)[C@@H](O)[C@H](O)[C@H]4O[C@@H]4O[C@H](CO)[C@@H](O)[C@H](O)[C@H]4O)c(-c4ccc(O)cc4)oc3c2)[C@H](O)[C@H](O)[C@H]1O. The van der Waals surface area contributed by atoms with Gasteiger partial charge in [-0.2, -0.15) is 0 Å². The minimum absolute atomic E-state index is 0.00756. The monoisotopic (exact) mass is 1060 g/mol. The summed E-state index contributed by atoms with van der Waals surface area (Å²) in [6.07, 6.45) is -35.4. The minimum atomic E-state index is -2.21. The van der Waals surface area contributed by atoms with Crippen LogP contribution in [-0.2, 0) is 38.0 Å². The number of rotatable bonds is 15. The number of aliphatic hydroxyl groups excluding tert-OH is 12. The molecule has 15 N–H and O–H groups in total. The predicted molar refractivity (Wildman–Crippen MR) is 245 cm³/mol. The summed E-state index contributed by atoms with van der Waals surface area (Å²) >= 11 is 0. The maximum atomic E-state index is 14.7. The minimum Gasteiger partial charge on any atom is -0.508 e. The van der Waals surface area contributed by atoms with E-state index in [1.165, 1.54) is 61.5 Å². The van der Waals surface area contributed by atoms with Gasteiger partial charge in [-0.25, -0.2) is 4.79 Å². The van der Waals surface area contributed by atoms with Crippen LogP contribution in [0.15, 0.2) is 76.0 Å². The number of benzene rings is 3. The van der Waals surface area contributed by atoms with Gasteiger partial charge in [0, 0.05) is 23.8 Å².